The van der Waals surface area contributed by atoms with E-state index in [1.807, 2.05) is 48.5 Å². The molecule has 2 aliphatic rings. The van der Waals surface area contributed by atoms with E-state index in [2.05, 4.69) is 67.3 Å². The van der Waals surface area contributed by atoms with Crippen LogP contribution in [-0.2, 0) is 32.7 Å². The quantitative estimate of drug-likeness (QED) is 0.118. The first-order valence-corrected chi connectivity index (χ1v) is 20.6. The number of hydrogen-bond donors (Lipinski definition) is 0. The molecule has 0 aromatic heterocycles. The number of ether oxygens (including phenoxy) is 6. The lowest BCUT2D eigenvalue weighted by atomic mass is 9.89. The molecular weight excluding hydrogens is 709 g/mol. The molecule has 0 atom stereocenters. The summed E-state index contributed by atoms with van der Waals surface area (Å²) in [6.07, 6.45) is 12.9. The van der Waals surface area contributed by atoms with Gasteiger partial charge in [-0.05, 0) is 145 Å². The van der Waals surface area contributed by atoms with Crippen LogP contribution in [0.1, 0.15) is 97.6 Å². The van der Waals surface area contributed by atoms with Crippen molar-refractivity contribution in [2.45, 2.75) is 104 Å². The lowest BCUT2D eigenvalue weighted by Gasteiger charge is -2.23. The zero-order valence-electron chi connectivity index (χ0n) is 34.3. The zero-order valence-corrected chi connectivity index (χ0v) is 34.3. The molecule has 0 saturated carbocycles. The fraction of sp³-hybridized carbons (Fsp3) is 0.373. The second-order valence-corrected chi connectivity index (χ2v) is 14.8. The Morgan fingerprint density at radius 1 is 0.439 bits per heavy atom. The van der Waals surface area contributed by atoms with Gasteiger partial charge in [-0.25, -0.2) is 0 Å². The second kappa shape index (κ2) is 21.7. The maximum atomic E-state index is 6.90. The van der Waals surface area contributed by atoms with Crippen molar-refractivity contribution in [3.05, 3.63) is 130 Å². The average molecular weight is 767 g/mol. The third-order valence-corrected chi connectivity index (χ3v) is 10.6. The van der Waals surface area contributed by atoms with Gasteiger partial charge in [0.25, 0.3) is 0 Å². The van der Waals surface area contributed by atoms with Crippen LogP contribution in [0.2, 0.25) is 0 Å². The third kappa shape index (κ3) is 12.2. The monoisotopic (exact) mass is 766 g/mol. The van der Waals surface area contributed by atoms with Crippen molar-refractivity contribution in [2.75, 3.05) is 21.3 Å². The van der Waals surface area contributed by atoms with Gasteiger partial charge in [0.2, 0.25) is 0 Å². The van der Waals surface area contributed by atoms with Crippen molar-refractivity contribution in [1.82, 2.24) is 0 Å². The normalized spacial score (nSPS) is 13.7. The van der Waals surface area contributed by atoms with E-state index in [1.165, 1.54) is 36.8 Å². The van der Waals surface area contributed by atoms with Crippen LogP contribution in [0, 0.1) is 18.8 Å². The minimum Gasteiger partial charge on any atom is -0.497 e. The van der Waals surface area contributed by atoms with E-state index in [0.29, 0.717) is 19.8 Å². The van der Waals surface area contributed by atoms with Crippen molar-refractivity contribution in [2.24, 2.45) is 0 Å². The van der Waals surface area contributed by atoms with Gasteiger partial charge in [0.05, 0.1) is 26.9 Å². The van der Waals surface area contributed by atoms with Crippen molar-refractivity contribution < 1.29 is 28.4 Å². The first kappa shape index (κ1) is 41.1. The topological polar surface area (TPSA) is 55.4 Å². The van der Waals surface area contributed by atoms with Gasteiger partial charge >= 0.3 is 0 Å². The summed E-state index contributed by atoms with van der Waals surface area (Å²) in [6.45, 7) is 3.47. The van der Waals surface area contributed by atoms with E-state index < -0.39 is 0 Å². The van der Waals surface area contributed by atoms with E-state index in [9.17, 15) is 0 Å². The van der Waals surface area contributed by atoms with E-state index >= 15 is 0 Å². The molecule has 0 amide bonds. The van der Waals surface area contributed by atoms with Crippen LogP contribution in [-0.4, -0.2) is 21.3 Å². The lowest BCUT2D eigenvalue weighted by molar-refractivity contribution is 0.291. The van der Waals surface area contributed by atoms with Gasteiger partial charge in [-0.1, -0.05) is 62.1 Å². The van der Waals surface area contributed by atoms with Gasteiger partial charge in [0.15, 0.2) is 0 Å². The molecule has 0 unspecified atom stereocenters. The predicted octanol–water partition coefficient (Wildman–Crippen LogP) is 12.4. The molecule has 57 heavy (non-hydrogen) atoms. The number of rotatable bonds is 12. The van der Waals surface area contributed by atoms with Gasteiger partial charge in [0.1, 0.15) is 54.3 Å². The Hall–Kier alpha value is -5.54. The minimum atomic E-state index is 0.414. The largest absolute Gasteiger partial charge is 0.497 e. The maximum absolute atomic E-state index is 6.90. The summed E-state index contributed by atoms with van der Waals surface area (Å²) >= 11 is 0. The Morgan fingerprint density at radius 2 is 0.877 bits per heavy atom. The van der Waals surface area contributed by atoms with Crippen molar-refractivity contribution >= 4 is 0 Å². The molecule has 0 fully saturated rings. The fourth-order valence-corrected chi connectivity index (χ4v) is 7.33. The highest BCUT2D eigenvalue weighted by molar-refractivity contribution is 5.83. The summed E-state index contributed by atoms with van der Waals surface area (Å²) in [5.74, 6) is 11.8. The highest BCUT2D eigenvalue weighted by Gasteiger charge is 2.22. The highest BCUT2D eigenvalue weighted by Crippen LogP contribution is 2.45. The Kier molecular flexibility index (Phi) is 15.6. The van der Waals surface area contributed by atoms with Crippen LogP contribution in [0.3, 0.4) is 0 Å². The summed E-state index contributed by atoms with van der Waals surface area (Å²) in [5, 5.41) is 0. The highest BCUT2D eigenvalue weighted by atomic mass is 16.5. The molecule has 7 rings (SSSR count). The maximum Gasteiger partial charge on any atom is 0.131 e. The van der Waals surface area contributed by atoms with Crippen molar-refractivity contribution in [3.8, 4) is 57.5 Å². The predicted molar refractivity (Wildman–Crippen MR) is 230 cm³/mol. The molecule has 5 aromatic rings. The molecular formula is C51H58O6. The zero-order chi connectivity index (χ0) is 39.7. The Balaban J connectivity index is 1.43. The Labute approximate surface area is 340 Å². The van der Waals surface area contributed by atoms with Crippen LogP contribution in [0.4, 0.5) is 0 Å². The Bertz CT molecular complexity index is 1980. The summed E-state index contributed by atoms with van der Waals surface area (Å²) < 4.78 is 36.5. The molecule has 298 valence electrons. The first-order chi connectivity index (χ1) is 28.0. The van der Waals surface area contributed by atoms with Crippen molar-refractivity contribution in [3.63, 3.8) is 0 Å². The standard InChI is InChI=1S/C51H58O6/c1-38-31-47(55-35-39-19-25-44(52-2)26-20-39)34-43-18-16-14-12-10-8-6-5-7-9-11-13-15-17-42-32-48(56-36-40-21-27-45(53-3)28-22-40)51(50(38)43)49(33-42)57-37-41-23-29-46(54-4)30-24-41/h19-34H,5,7,9-18,35-37H2,1-4H3. The molecule has 6 nitrogen and oxygen atoms in total. The number of aryl methyl sites for hydroxylation is 3. The summed E-state index contributed by atoms with van der Waals surface area (Å²) in [7, 11) is 5.06. The Morgan fingerprint density at radius 3 is 1.39 bits per heavy atom. The third-order valence-electron chi connectivity index (χ3n) is 10.6. The average Bonchev–Trinajstić information content (AvgIpc) is 3.24. The number of fused-ring (bicyclic) bond motifs is 14. The molecule has 2 bridgehead atoms. The minimum absolute atomic E-state index is 0.414. The van der Waals surface area contributed by atoms with Gasteiger partial charge in [-0.2, -0.15) is 0 Å². The molecule has 0 radical (unpaired) electrons. The van der Waals surface area contributed by atoms with E-state index in [4.69, 9.17) is 28.4 Å². The molecule has 2 aliphatic carbocycles. The van der Waals surface area contributed by atoms with Gasteiger partial charge in [0, 0.05) is 12.8 Å². The number of methoxy groups -OCH3 is 3. The van der Waals surface area contributed by atoms with Crippen LogP contribution in [0.15, 0.2) is 97.1 Å². The molecule has 5 aromatic carbocycles. The summed E-state index contributed by atoms with van der Waals surface area (Å²) in [4.78, 5) is 0. The molecule has 0 spiro atoms. The van der Waals surface area contributed by atoms with Crippen molar-refractivity contribution in [1.29, 1.82) is 0 Å². The lowest BCUT2D eigenvalue weighted by Crippen LogP contribution is -2.06. The van der Waals surface area contributed by atoms with Gasteiger partial charge in [-0.3, -0.25) is 0 Å². The van der Waals surface area contributed by atoms with E-state index in [1.54, 1.807) is 21.3 Å². The molecule has 0 heterocycles. The van der Waals surface area contributed by atoms with Crippen LogP contribution in [0.25, 0.3) is 11.1 Å². The number of benzene rings is 5. The van der Waals surface area contributed by atoms with Crippen LogP contribution < -0.4 is 28.4 Å². The molecule has 0 N–H and O–H groups in total. The first-order valence-electron chi connectivity index (χ1n) is 20.6. The van der Waals surface area contributed by atoms with Gasteiger partial charge in [-0.15, -0.1) is 11.8 Å². The van der Waals surface area contributed by atoms with Crippen LogP contribution >= 0.6 is 0 Å². The SMILES string of the molecule is COc1ccc(COc2cc(C)c3c(c2)CCCCCC#CCCCCCCCc2cc(OCc4ccc(OC)cc4)c-3c(OCc3ccc(OC)cc3)c2)cc1. The van der Waals surface area contributed by atoms with E-state index in [0.717, 1.165) is 119 Å². The smallest absolute Gasteiger partial charge is 0.131 e. The second-order valence-electron chi connectivity index (χ2n) is 14.8. The summed E-state index contributed by atoms with van der Waals surface area (Å²) in [5.41, 5.74) is 8.88. The fourth-order valence-electron chi connectivity index (χ4n) is 7.33. The van der Waals surface area contributed by atoms with E-state index in [-0.39, 0.29) is 0 Å². The summed E-state index contributed by atoms with van der Waals surface area (Å²) in [6, 6.07) is 33.1. The number of hydrogen-bond acceptors (Lipinski definition) is 6. The van der Waals surface area contributed by atoms with Gasteiger partial charge < -0.3 is 28.4 Å². The van der Waals surface area contributed by atoms with Crippen LogP contribution in [0.5, 0.6) is 34.5 Å². The molecule has 6 heteroatoms. The molecule has 0 aliphatic heterocycles. The molecule has 0 saturated heterocycles.